The Bertz CT molecular complexity index is 1080. The zero-order valence-corrected chi connectivity index (χ0v) is 24.5. The monoisotopic (exact) mass is 556 g/mol. The van der Waals surface area contributed by atoms with Crippen LogP contribution in [-0.4, -0.2) is 90.8 Å². The molecule has 0 aromatic carbocycles. The average molecular weight is 557 g/mol. The number of ether oxygens (including phenoxy) is 1. The molecule has 3 N–H and O–H groups in total. The fourth-order valence-electron chi connectivity index (χ4n) is 10.1. The van der Waals surface area contributed by atoms with Gasteiger partial charge in [-0.25, -0.2) is 9.59 Å². The number of esters is 1. The number of hydrogen-bond donors (Lipinski definition) is 3. The molecule has 6 aliphatic rings. The molecule has 8 atom stereocenters. The van der Waals surface area contributed by atoms with E-state index in [1.807, 2.05) is 16.8 Å². The molecule has 5 fully saturated rings. The van der Waals surface area contributed by atoms with Crippen LogP contribution in [0.2, 0.25) is 0 Å². The van der Waals surface area contributed by atoms with Gasteiger partial charge in [0.1, 0.15) is 6.61 Å². The lowest BCUT2D eigenvalue weighted by Crippen LogP contribution is -2.63. The number of hydrogen-bond acceptors (Lipinski definition) is 6. The molecule has 0 unspecified atom stereocenters. The Morgan fingerprint density at radius 1 is 1.07 bits per heavy atom. The van der Waals surface area contributed by atoms with E-state index in [-0.39, 0.29) is 40.7 Å². The van der Waals surface area contributed by atoms with E-state index in [1.54, 1.807) is 6.08 Å². The van der Waals surface area contributed by atoms with Crippen LogP contribution in [0.25, 0.3) is 0 Å². The van der Waals surface area contributed by atoms with Crippen LogP contribution in [0.4, 0.5) is 4.79 Å². The van der Waals surface area contributed by atoms with Gasteiger partial charge in [0.2, 0.25) is 5.91 Å². The summed E-state index contributed by atoms with van der Waals surface area (Å²) in [4.78, 5) is 40.5. The van der Waals surface area contributed by atoms with Gasteiger partial charge in [0.05, 0.1) is 12.1 Å². The van der Waals surface area contributed by atoms with Crippen molar-refractivity contribution in [3.05, 3.63) is 11.6 Å². The van der Waals surface area contributed by atoms with E-state index in [4.69, 9.17) is 4.74 Å². The van der Waals surface area contributed by atoms with Crippen LogP contribution in [0, 0.1) is 34.5 Å². The maximum Gasteiger partial charge on any atom is 0.331 e. The number of rotatable bonds is 5. The van der Waals surface area contributed by atoms with E-state index in [2.05, 4.69) is 24.5 Å². The van der Waals surface area contributed by atoms with E-state index in [0.717, 1.165) is 69.9 Å². The summed E-state index contributed by atoms with van der Waals surface area (Å²) in [5.74, 6) is 1.45. The lowest BCUT2D eigenvalue weighted by Gasteiger charge is -2.63. The molecule has 222 valence electrons. The first-order valence-corrected chi connectivity index (χ1v) is 15.6. The van der Waals surface area contributed by atoms with E-state index >= 15 is 0 Å². The molecule has 2 heterocycles. The molecule has 0 bridgehead atoms. The van der Waals surface area contributed by atoms with Crippen LogP contribution in [0.3, 0.4) is 0 Å². The summed E-state index contributed by atoms with van der Waals surface area (Å²) in [6.07, 6.45) is 10.7. The van der Waals surface area contributed by atoms with Crippen molar-refractivity contribution < 1.29 is 24.2 Å². The van der Waals surface area contributed by atoms with Crippen LogP contribution < -0.4 is 10.6 Å². The zero-order valence-electron chi connectivity index (χ0n) is 24.5. The quantitative estimate of drug-likeness (QED) is 0.449. The van der Waals surface area contributed by atoms with Gasteiger partial charge in [0, 0.05) is 43.7 Å². The predicted molar refractivity (Wildman–Crippen MR) is 150 cm³/mol. The summed E-state index contributed by atoms with van der Waals surface area (Å²) >= 11 is 0. The molecular weight excluding hydrogens is 508 g/mol. The van der Waals surface area contributed by atoms with Crippen molar-refractivity contribution in [2.24, 2.45) is 34.5 Å². The van der Waals surface area contributed by atoms with Crippen LogP contribution in [0.15, 0.2) is 11.6 Å². The minimum absolute atomic E-state index is 0.124. The highest BCUT2D eigenvalue weighted by molar-refractivity contribution is 5.85. The number of urea groups is 1. The second kappa shape index (κ2) is 10.3. The Labute approximate surface area is 238 Å². The first kappa shape index (κ1) is 28.0. The molecule has 9 heteroatoms. The molecule has 3 amide bonds. The number of cyclic esters (lactones) is 1. The third kappa shape index (κ3) is 4.55. The highest BCUT2D eigenvalue weighted by Gasteiger charge is 2.67. The van der Waals surface area contributed by atoms with Gasteiger partial charge in [-0.05, 0) is 99.5 Å². The fourth-order valence-corrected chi connectivity index (χ4v) is 10.1. The van der Waals surface area contributed by atoms with Crippen LogP contribution in [0.5, 0.6) is 0 Å². The molecule has 4 saturated carbocycles. The number of nitrogens with zero attached hydrogens (tertiary/aromatic N) is 2. The van der Waals surface area contributed by atoms with Crippen molar-refractivity contribution in [3.63, 3.8) is 0 Å². The third-order valence-corrected chi connectivity index (χ3v) is 12.5. The Kier molecular flexibility index (Phi) is 7.21. The van der Waals surface area contributed by atoms with Crippen molar-refractivity contribution in [2.75, 3.05) is 46.4 Å². The number of nitrogens with one attached hydrogen (secondary N) is 2. The maximum absolute atomic E-state index is 12.7. The zero-order chi connectivity index (χ0) is 28.3. The first-order valence-electron chi connectivity index (χ1n) is 15.6. The van der Waals surface area contributed by atoms with Gasteiger partial charge in [-0.15, -0.1) is 0 Å². The van der Waals surface area contributed by atoms with Crippen molar-refractivity contribution in [3.8, 4) is 0 Å². The summed E-state index contributed by atoms with van der Waals surface area (Å²) in [6.45, 7) is 8.17. The number of carbonyl (C=O) groups excluding carboxylic acids is 3. The fraction of sp³-hybridized carbons (Fsp3) is 0.839. The van der Waals surface area contributed by atoms with Crippen LogP contribution >= 0.6 is 0 Å². The van der Waals surface area contributed by atoms with Crippen molar-refractivity contribution >= 4 is 17.9 Å². The SMILES string of the molecule is CN1CCN(CCNC(=O)N[C@H]2CC[C@@]3(C)[C@H](CC[C@@H]4[C@@H]3CC[C@]3(C)[C@@H](C5=CC(=O)OC5)CC[C@]43O)C2)C(=O)C1. The molecule has 0 aromatic heterocycles. The lowest BCUT2D eigenvalue weighted by molar-refractivity contribution is -0.204. The standard InChI is InChI=1S/C31H48N4O5/c1-29-9-6-22(33-28(38)32-12-13-35-15-14-34(3)18-26(35)36)17-21(29)4-5-25-24(29)7-10-30(2)23(8-11-31(25,30)39)20-16-27(37)40-19-20/h16,21-25,39H,4-15,17-19H2,1-3H3,(H2,32,33,38)/t21-,22+,23-,24+,25-,29+,30-,31+/m1/s1. The number of amides is 3. The molecule has 1 saturated heterocycles. The van der Waals surface area contributed by atoms with Gasteiger partial charge in [-0.1, -0.05) is 13.8 Å². The minimum atomic E-state index is -0.693. The Balaban J connectivity index is 1.04. The van der Waals surface area contributed by atoms with Crippen LogP contribution in [0.1, 0.15) is 71.6 Å². The molecule has 4 aliphatic carbocycles. The third-order valence-electron chi connectivity index (χ3n) is 12.5. The number of piperazine rings is 1. The van der Waals surface area contributed by atoms with Crippen molar-refractivity contribution in [2.45, 2.75) is 83.3 Å². The van der Waals surface area contributed by atoms with Gasteiger partial charge in [0.15, 0.2) is 0 Å². The number of likely N-dealkylation sites (N-methyl/N-ethyl adjacent to an activating group) is 1. The minimum Gasteiger partial charge on any atom is -0.458 e. The first-order chi connectivity index (χ1) is 19.0. The second-order valence-electron chi connectivity index (χ2n) is 14.3. The molecule has 40 heavy (non-hydrogen) atoms. The van der Waals surface area contributed by atoms with Gasteiger partial charge in [0.25, 0.3) is 0 Å². The molecule has 2 aliphatic heterocycles. The average Bonchev–Trinajstić information content (AvgIpc) is 3.45. The molecule has 0 aromatic rings. The predicted octanol–water partition coefficient (Wildman–Crippen LogP) is 2.69. The van der Waals surface area contributed by atoms with E-state index in [9.17, 15) is 19.5 Å². The summed E-state index contributed by atoms with van der Waals surface area (Å²) in [5, 5.41) is 18.6. The molecule has 0 spiro atoms. The van der Waals surface area contributed by atoms with Gasteiger partial charge in [-0.2, -0.15) is 0 Å². The number of fused-ring (bicyclic) bond motifs is 5. The smallest absolute Gasteiger partial charge is 0.331 e. The van der Waals surface area contributed by atoms with Crippen LogP contribution in [-0.2, 0) is 14.3 Å². The number of carbonyl (C=O) groups is 3. The number of aliphatic hydroxyl groups is 1. The molecular formula is C31H48N4O5. The van der Waals surface area contributed by atoms with Crippen molar-refractivity contribution in [1.82, 2.24) is 20.4 Å². The topological polar surface area (TPSA) is 111 Å². The van der Waals surface area contributed by atoms with E-state index < -0.39 is 5.60 Å². The normalized spacial score (nSPS) is 43.4. The summed E-state index contributed by atoms with van der Waals surface area (Å²) in [6, 6.07) is 0.0341. The van der Waals surface area contributed by atoms with E-state index in [1.165, 1.54) is 0 Å². The largest absolute Gasteiger partial charge is 0.458 e. The molecule has 9 nitrogen and oxygen atoms in total. The Morgan fingerprint density at radius 2 is 1.90 bits per heavy atom. The summed E-state index contributed by atoms with van der Waals surface area (Å²) in [7, 11) is 1.95. The second-order valence-corrected chi connectivity index (χ2v) is 14.3. The van der Waals surface area contributed by atoms with E-state index in [0.29, 0.717) is 50.5 Å². The molecule has 0 radical (unpaired) electrons. The summed E-state index contributed by atoms with van der Waals surface area (Å²) in [5.41, 5.74) is 0.367. The Hall–Kier alpha value is -2.13. The summed E-state index contributed by atoms with van der Waals surface area (Å²) < 4.78 is 5.26. The van der Waals surface area contributed by atoms with Gasteiger partial charge >= 0.3 is 12.0 Å². The lowest BCUT2D eigenvalue weighted by atomic mass is 9.43. The van der Waals surface area contributed by atoms with Crippen molar-refractivity contribution in [1.29, 1.82) is 0 Å². The maximum atomic E-state index is 12.7. The highest BCUT2D eigenvalue weighted by Crippen LogP contribution is 2.69. The van der Waals surface area contributed by atoms with Gasteiger partial charge in [-0.3, -0.25) is 9.69 Å². The molecule has 6 rings (SSSR count). The van der Waals surface area contributed by atoms with Gasteiger partial charge < -0.3 is 25.4 Å². The Morgan fingerprint density at radius 3 is 2.65 bits per heavy atom. The highest BCUT2D eigenvalue weighted by atomic mass is 16.5.